The van der Waals surface area contributed by atoms with Crippen LogP contribution in [-0.4, -0.2) is 15.6 Å². The predicted octanol–water partition coefficient (Wildman–Crippen LogP) is 2.53. The summed E-state index contributed by atoms with van der Waals surface area (Å²) < 4.78 is 0. The van der Waals surface area contributed by atoms with E-state index in [0.717, 1.165) is 0 Å². The fraction of sp³-hybridized carbons (Fsp3) is 0.750. The topological polar surface area (TPSA) is 23.8 Å². The molecule has 0 aromatic rings. The third-order valence-electron chi connectivity index (χ3n) is 0.644. The summed E-state index contributed by atoms with van der Waals surface area (Å²) in [7, 11) is 0. The lowest BCUT2D eigenvalue weighted by Crippen LogP contribution is -2.19. The molecule has 0 spiro atoms. The molecule has 2 atom stereocenters. The van der Waals surface area contributed by atoms with Gasteiger partial charge in [0.2, 0.25) is 0 Å². The second-order valence-electron chi connectivity index (χ2n) is 1.31. The van der Waals surface area contributed by atoms with E-state index < -0.39 is 15.6 Å². The maximum absolute atomic E-state index is 8.17. The molecular weight excluding hydrogens is 204 g/mol. The first-order valence-electron chi connectivity index (χ1n) is 2.05. The lowest BCUT2D eigenvalue weighted by atomic mass is 10.3. The maximum Gasteiger partial charge on any atom is 0.139 e. The average molecular weight is 207 g/mol. The zero-order valence-electron chi connectivity index (χ0n) is 4.19. The van der Waals surface area contributed by atoms with Crippen molar-refractivity contribution in [1.29, 1.82) is 5.26 Å². The molecule has 0 aliphatic carbocycles. The minimum atomic E-state index is -0.827. The van der Waals surface area contributed by atoms with Gasteiger partial charge in [-0.15, -0.1) is 46.4 Å². The van der Waals surface area contributed by atoms with Gasteiger partial charge in [0.25, 0.3) is 0 Å². The second kappa shape index (κ2) is 4.46. The van der Waals surface area contributed by atoms with E-state index in [1.54, 1.807) is 6.07 Å². The van der Waals surface area contributed by atoms with Crippen molar-refractivity contribution >= 4 is 46.4 Å². The van der Waals surface area contributed by atoms with Gasteiger partial charge in [-0.1, -0.05) is 0 Å². The first kappa shape index (κ1) is 9.65. The SMILES string of the molecule is N#CC(Cl)C(Cl)C(Cl)Cl. The van der Waals surface area contributed by atoms with Crippen LogP contribution in [0.5, 0.6) is 0 Å². The fourth-order valence-electron chi connectivity index (χ4n) is 0.199. The van der Waals surface area contributed by atoms with E-state index in [4.69, 9.17) is 51.7 Å². The van der Waals surface area contributed by atoms with Crippen LogP contribution < -0.4 is 0 Å². The molecule has 0 bridgehead atoms. The Morgan fingerprint density at radius 1 is 1.11 bits per heavy atom. The van der Waals surface area contributed by atoms with Gasteiger partial charge >= 0.3 is 0 Å². The van der Waals surface area contributed by atoms with E-state index in [2.05, 4.69) is 0 Å². The largest absolute Gasteiger partial charge is 0.197 e. The molecule has 0 aromatic carbocycles. The van der Waals surface area contributed by atoms with Gasteiger partial charge in [-0.3, -0.25) is 0 Å². The van der Waals surface area contributed by atoms with Crippen molar-refractivity contribution in [3.8, 4) is 6.07 Å². The Kier molecular flexibility index (Phi) is 4.79. The van der Waals surface area contributed by atoms with Crippen molar-refractivity contribution in [1.82, 2.24) is 0 Å². The first-order valence-corrected chi connectivity index (χ1v) is 3.80. The first-order chi connectivity index (χ1) is 4.09. The molecule has 5 heteroatoms. The number of nitriles is 1. The Bertz CT molecular complexity index is 118. The number of rotatable bonds is 2. The molecule has 0 fully saturated rings. The third-order valence-corrected chi connectivity index (χ3v) is 2.45. The van der Waals surface area contributed by atoms with Crippen LogP contribution in [0.4, 0.5) is 0 Å². The molecule has 0 saturated heterocycles. The zero-order chi connectivity index (χ0) is 7.44. The van der Waals surface area contributed by atoms with Crippen molar-refractivity contribution in [2.75, 3.05) is 0 Å². The number of halogens is 4. The quantitative estimate of drug-likeness (QED) is 0.638. The molecule has 0 aromatic heterocycles. The maximum atomic E-state index is 8.17. The smallest absolute Gasteiger partial charge is 0.139 e. The van der Waals surface area contributed by atoms with Crippen molar-refractivity contribution in [2.24, 2.45) is 0 Å². The molecule has 0 heterocycles. The van der Waals surface area contributed by atoms with E-state index in [1.165, 1.54) is 0 Å². The lowest BCUT2D eigenvalue weighted by molar-refractivity contribution is 0.951. The van der Waals surface area contributed by atoms with Crippen LogP contribution in [-0.2, 0) is 0 Å². The number of alkyl halides is 4. The molecule has 0 amide bonds. The van der Waals surface area contributed by atoms with Crippen molar-refractivity contribution in [3.05, 3.63) is 0 Å². The molecular formula is C4H3Cl4N. The van der Waals surface area contributed by atoms with Gasteiger partial charge in [0.15, 0.2) is 0 Å². The predicted molar refractivity (Wildman–Crippen MR) is 40.4 cm³/mol. The number of hydrogen-bond acceptors (Lipinski definition) is 1. The highest BCUT2D eigenvalue weighted by molar-refractivity contribution is 6.49. The van der Waals surface area contributed by atoms with Crippen LogP contribution in [0.2, 0.25) is 0 Å². The van der Waals surface area contributed by atoms with E-state index in [0.29, 0.717) is 0 Å². The summed E-state index contributed by atoms with van der Waals surface area (Å²) >= 11 is 21.4. The van der Waals surface area contributed by atoms with Gasteiger partial charge in [-0.05, 0) is 0 Å². The van der Waals surface area contributed by atoms with Crippen molar-refractivity contribution in [2.45, 2.75) is 15.6 Å². The molecule has 0 saturated carbocycles. The average Bonchev–Trinajstić information content (AvgIpc) is 1.84. The van der Waals surface area contributed by atoms with Crippen LogP contribution in [0.25, 0.3) is 0 Å². The lowest BCUT2D eigenvalue weighted by Gasteiger charge is -2.08. The normalized spacial score (nSPS) is 16.9. The van der Waals surface area contributed by atoms with Gasteiger partial charge in [0, 0.05) is 0 Å². The van der Waals surface area contributed by atoms with Crippen LogP contribution in [0.1, 0.15) is 0 Å². The highest BCUT2D eigenvalue weighted by atomic mass is 35.5. The van der Waals surface area contributed by atoms with Gasteiger partial charge < -0.3 is 0 Å². The Balaban J connectivity index is 3.76. The molecule has 9 heavy (non-hydrogen) atoms. The standard InChI is InChI=1S/C4H3Cl4N/c5-2(1-9)3(6)4(7)8/h2-4H. The Morgan fingerprint density at radius 3 is 1.67 bits per heavy atom. The van der Waals surface area contributed by atoms with Crippen LogP contribution in [0.15, 0.2) is 0 Å². The van der Waals surface area contributed by atoms with E-state index in [9.17, 15) is 0 Å². The molecule has 1 nitrogen and oxygen atoms in total. The summed E-state index contributed by atoms with van der Waals surface area (Å²) in [4.78, 5) is -0.797. The number of hydrogen-bond donors (Lipinski definition) is 0. The molecule has 0 radical (unpaired) electrons. The van der Waals surface area contributed by atoms with Gasteiger partial charge in [-0.2, -0.15) is 5.26 Å². The van der Waals surface area contributed by atoms with Gasteiger partial charge in [0.1, 0.15) is 10.2 Å². The van der Waals surface area contributed by atoms with Gasteiger partial charge in [0.05, 0.1) is 11.4 Å². The van der Waals surface area contributed by atoms with E-state index in [-0.39, 0.29) is 0 Å². The molecule has 0 rings (SSSR count). The summed E-state index contributed by atoms with van der Waals surface area (Å²) in [6.45, 7) is 0. The Morgan fingerprint density at radius 2 is 1.56 bits per heavy atom. The summed E-state index contributed by atoms with van der Waals surface area (Å²) in [5, 5.41) is 6.63. The van der Waals surface area contributed by atoms with E-state index in [1.807, 2.05) is 0 Å². The second-order valence-corrected chi connectivity index (χ2v) is 3.45. The highest BCUT2D eigenvalue weighted by Gasteiger charge is 2.22. The van der Waals surface area contributed by atoms with Crippen LogP contribution in [0, 0.1) is 11.3 Å². The summed E-state index contributed by atoms with van der Waals surface area (Å²) in [5.41, 5.74) is 0. The highest BCUT2D eigenvalue weighted by Crippen LogP contribution is 2.20. The van der Waals surface area contributed by atoms with Crippen LogP contribution >= 0.6 is 46.4 Å². The minimum Gasteiger partial charge on any atom is -0.197 e. The fourth-order valence-corrected chi connectivity index (χ4v) is 0.841. The van der Waals surface area contributed by atoms with Crippen molar-refractivity contribution < 1.29 is 0 Å². The summed E-state index contributed by atoms with van der Waals surface area (Å²) in [6, 6.07) is 1.71. The molecule has 2 unspecified atom stereocenters. The Labute approximate surface area is 73.4 Å². The van der Waals surface area contributed by atoms with Crippen LogP contribution in [0.3, 0.4) is 0 Å². The molecule has 52 valence electrons. The molecule has 0 N–H and O–H groups in total. The third kappa shape index (κ3) is 3.37. The monoisotopic (exact) mass is 205 g/mol. The van der Waals surface area contributed by atoms with Crippen molar-refractivity contribution in [3.63, 3.8) is 0 Å². The number of nitrogens with zero attached hydrogens (tertiary/aromatic N) is 1. The summed E-state index contributed by atoms with van der Waals surface area (Å²) in [6.07, 6.45) is 0. The minimum absolute atomic E-state index is 0.708. The molecule has 0 aliphatic rings. The Hall–Kier alpha value is 0.650. The summed E-state index contributed by atoms with van der Waals surface area (Å²) in [5.74, 6) is 0. The zero-order valence-corrected chi connectivity index (χ0v) is 7.21. The van der Waals surface area contributed by atoms with Gasteiger partial charge in [-0.25, -0.2) is 0 Å². The molecule has 0 aliphatic heterocycles. The van der Waals surface area contributed by atoms with E-state index >= 15 is 0 Å².